The molecule has 0 aromatic carbocycles. The summed E-state index contributed by atoms with van der Waals surface area (Å²) in [5.74, 6) is 2.00. The molecule has 1 atom stereocenters. The lowest BCUT2D eigenvalue weighted by atomic mass is 9.92. The van der Waals surface area contributed by atoms with Gasteiger partial charge in [-0.2, -0.15) is 5.10 Å². The van der Waals surface area contributed by atoms with Gasteiger partial charge in [0.1, 0.15) is 17.7 Å². The number of hydrogen-bond donors (Lipinski definition) is 1. The number of carbonyl (C=O) groups is 1. The molecule has 9 heteroatoms. The zero-order valence-electron chi connectivity index (χ0n) is 19.2. The molecule has 9 nitrogen and oxygen atoms in total. The minimum atomic E-state index is -0.171. The van der Waals surface area contributed by atoms with Crippen LogP contribution in [0.1, 0.15) is 50.4 Å². The summed E-state index contributed by atoms with van der Waals surface area (Å²) in [7, 11) is 1.74. The predicted molar refractivity (Wildman–Crippen MR) is 123 cm³/mol. The Kier molecular flexibility index (Phi) is 5.99. The molecule has 1 aliphatic carbocycles. The first-order valence-corrected chi connectivity index (χ1v) is 11.5. The van der Waals surface area contributed by atoms with Gasteiger partial charge >= 0.3 is 0 Å². The second-order valence-electron chi connectivity index (χ2n) is 8.70. The summed E-state index contributed by atoms with van der Waals surface area (Å²) < 4.78 is 19.1. The van der Waals surface area contributed by atoms with Gasteiger partial charge in [0.05, 0.1) is 29.6 Å². The lowest BCUT2D eigenvalue weighted by Gasteiger charge is -2.34. The molecule has 3 aromatic rings. The quantitative estimate of drug-likeness (QED) is 0.588. The van der Waals surface area contributed by atoms with Gasteiger partial charge in [-0.3, -0.25) is 4.79 Å². The molecule has 1 N–H and O–H groups in total. The monoisotopic (exact) mass is 451 g/mol. The Morgan fingerprint density at radius 2 is 2.12 bits per heavy atom. The van der Waals surface area contributed by atoms with Gasteiger partial charge in [-0.1, -0.05) is 6.92 Å². The molecule has 1 saturated carbocycles. The van der Waals surface area contributed by atoms with Crippen molar-refractivity contribution >= 4 is 22.6 Å². The Balaban J connectivity index is 1.57. The molecule has 1 saturated heterocycles. The van der Waals surface area contributed by atoms with Crippen molar-refractivity contribution in [3.05, 3.63) is 35.8 Å². The number of rotatable bonds is 7. The van der Waals surface area contributed by atoms with E-state index >= 15 is 0 Å². The maximum atomic E-state index is 11.6. The van der Waals surface area contributed by atoms with Gasteiger partial charge in [0.15, 0.2) is 5.82 Å². The number of fused-ring (bicyclic) bond motifs is 1. The fourth-order valence-corrected chi connectivity index (χ4v) is 4.42. The lowest BCUT2D eigenvalue weighted by molar-refractivity contribution is -0.114. The maximum Gasteiger partial charge on any atom is 0.222 e. The standard InChI is InChI=1S/C24H29N5O4/c1-4-20-19-12-25-23(26-14(2)30)11-22(19)29(28-20)24-10-18(33-17-7-16(8-17)31-3)9-21(27-24)15-5-6-32-13-15/h9-12,15-17H,4-8,13H2,1-3H3,(H,25,26,30). The summed E-state index contributed by atoms with van der Waals surface area (Å²) in [6, 6.07) is 5.80. The first kappa shape index (κ1) is 21.8. The number of pyridine rings is 2. The third kappa shape index (κ3) is 4.43. The number of carbonyl (C=O) groups excluding carboxylic acids is 1. The number of aromatic nitrogens is 4. The highest BCUT2D eigenvalue weighted by Crippen LogP contribution is 2.33. The van der Waals surface area contributed by atoms with Gasteiger partial charge in [-0.15, -0.1) is 0 Å². The molecule has 0 radical (unpaired) electrons. The van der Waals surface area contributed by atoms with E-state index in [1.165, 1.54) is 6.92 Å². The van der Waals surface area contributed by atoms with Gasteiger partial charge in [0.25, 0.3) is 0 Å². The zero-order chi connectivity index (χ0) is 22.9. The van der Waals surface area contributed by atoms with Crippen LogP contribution in [0.25, 0.3) is 16.7 Å². The molecule has 2 aliphatic rings. The van der Waals surface area contributed by atoms with E-state index in [9.17, 15) is 4.79 Å². The van der Waals surface area contributed by atoms with Crippen molar-refractivity contribution in [2.24, 2.45) is 0 Å². The molecule has 174 valence electrons. The number of ether oxygens (including phenoxy) is 3. The van der Waals surface area contributed by atoms with Gasteiger partial charge in [-0.05, 0) is 12.8 Å². The predicted octanol–water partition coefficient (Wildman–Crippen LogP) is 3.40. The van der Waals surface area contributed by atoms with Crippen molar-refractivity contribution in [2.45, 2.75) is 57.7 Å². The molecule has 2 fully saturated rings. The van der Waals surface area contributed by atoms with Crippen molar-refractivity contribution in [3.63, 3.8) is 0 Å². The van der Waals surface area contributed by atoms with Gasteiger partial charge < -0.3 is 19.5 Å². The minimum absolute atomic E-state index is 0.133. The van der Waals surface area contributed by atoms with Crippen molar-refractivity contribution < 1.29 is 19.0 Å². The average molecular weight is 452 g/mol. The topological polar surface area (TPSA) is 100 Å². The van der Waals surface area contributed by atoms with Gasteiger partial charge in [-0.25, -0.2) is 14.6 Å². The van der Waals surface area contributed by atoms with E-state index in [1.54, 1.807) is 13.3 Å². The fraction of sp³-hybridized carbons (Fsp3) is 0.500. The summed E-state index contributed by atoms with van der Waals surface area (Å²) in [4.78, 5) is 20.9. The molecule has 4 heterocycles. The van der Waals surface area contributed by atoms with Crippen molar-refractivity contribution in [1.29, 1.82) is 0 Å². The number of amides is 1. The first-order chi connectivity index (χ1) is 16.0. The van der Waals surface area contributed by atoms with Crippen LogP contribution in [-0.4, -0.2) is 58.2 Å². The first-order valence-electron chi connectivity index (χ1n) is 11.5. The molecule has 1 aliphatic heterocycles. The molecule has 33 heavy (non-hydrogen) atoms. The normalized spacial score (nSPS) is 22.3. The molecular weight excluding hydrogens is 422 g/mol. The molecule has 3 aromatic heterocycles. The van der Waals surface area contributed by atoms with E-state index < -0.39 is 0 Å². The summed E-state index contributed by atoms with van der Waals surface area (Å²) in [5, 5.41) is 8.53. The van der Waals surface area contributed by atoms with Crippen LogP contribution in [0.15, 0.2) is 24.4 Å². The zero-order valence-corrected chi connectivity index (χ0v) is 19.2. The van der Waals surface area contributed by atoms with E-state index in [-0.39, 0.29) is 24.0 Å². The van der Waals surface area contributed by atoms with Crippen LogP contribution in [0.4, 0.5) is 5.82 Å². The van der Waals surface area contributed by atoms with Gasteiger partial charge in [0.2, 0.25) is 5.91 Å². The summed E-state index contributed by atoms with van der Waals surface area (Å²) in [5.41, 5.74) is 2.71. The number of anilines is 1. The van der Waals surface area contributed by atoms with Crippen LogP contribution in [0.5, 0.6) is 5.75 Å². The van der Waals surface area contributed by atoms with Gasteiger partial charge in [0, 0.05) is 69.2 Å². The Morgan fingerprint density at radius 1 is 1.27 bits per heavy atom. The van der Waals surface area contributed by atoms with Crippen LogP contribution in [0.2, 0.25) is 0 Å². The van der Waals surface area contributed by atoms with Crippen molar-refractivity contribution in [1.82, 2.24) is 19.7 Å². The average Bonchev–Trinajstić information content (AvgIpc) is 3.43. The summed E-state index contributed by atoms with van der Waals surface area (Å²) in [6.45, 7) is 4.92. The lowest BCUT2D eigenvalue weighted by Crippen LogP contribution is -2.38. The van der Waals surface area contributed by atoms with Crippen LogP contribution in [-0.2, 0) is 20.7 Å². The molecule has 0 bridgehead atoms. The highest BCUT2D eigenvalue weighted by atomic mass is 16.5. The molecule has 1 unspecified atom stereocenters. The van der Waals surface area contributed by atoms with E-state index in [0.717, 1.165) is 60.3 Å². The number of hydrogen-bond acceptors (Lipinski definition) is 7. The van der Waals surface area contributed by atoms with E-state index in [2.05, 4.69) is 17.2 Å². The van der Waals surface area contributed by atoms with E-state index in [1.807, 2.05) is 22.9 Å². The van der Waals surface area contributed by atoms with E-state index in [0.29, 0.717) is 18.2 Å². The largest absolute Gasteiger partial charge is 0.490 e. The third-order valence-corrected chi connectivity index (χ3v) is 6.34. The second-order valence-corrected chi connectivity index (χ2v) is 8.70. The Hall–Kier alpha value is -3.04. The summed E-state index contributed by atoms with van der Waals surface area (Å²) in [6.07, 6.45) is 5.61. The smallest absolute Gasteiger partial charge is 0.222 e. The Bertz CT molecular complexity index is 1170. The molecular formula is C24H29N5O4. The van der Waals surface area contributed by atoms with Crippen molar-refractivity contribution in [2.75, 3.05) is 25.6 Å². The number of aryl methyl sites for hydroxylation is 1. The molecule has 0 spiro atoms. The number of methoxy groups -OCH3 is 1. The Labute approximate surface area is 192 Å². The van der Waals surface area contributed by atoms with Crippen LogP contribution in [0.3, 0.4) is 0 Å². The van der Waals surface area contributed by atoms with Crippen LogP contribution in [0, 0.1) is 0 Å². The SMILES string of the molecule is CCc1nn(-c2cc(OC3CC(OC)C3)cc(C3CCOC3)n2)c2cc(NC(C)=O)ncc12. The van der Waals surface area contributed by atoms with Crippen LogP contribution < -0.4 is 10.1 Å². The second kappa shape index (κ2) is 9.07. The Morgan fingerprint density at radius 3 is 2.82 bits per heavy atom. The third-order valence-electron chi connectivity index (χ3n) is 6.34. The number of nitrogens with one attached hydrogen (secondary N) is 1. The highest BCUT2D eigenvalue weighted by Gasteiger charge is 2.31. The van der Waals surface area contributed by atoms with Crippen LogP contribution >= 0.6 is 0 Å². The highest BCUT2D eigenvalue weighted by molar-refractivity contribution is 5.91. The van der Waals surface area contributed by atoms with E-state index in [4.69, 9.17) is 24.3 Å². The van der Waals surface area contributed by atoms with Crippen molar-refractivity contribution in [3.8, 4) is 11.6 Å². The number of nitrogens with zero attached hydrogens (tertiary/aromatic N) is 4. The molecule has 1 amide bonds. The minimum Gasteiger partial charge on any atom is -0.490 e. The maximum absolute atomic E-state index is 11.6. The molecule has 5 rings (SSSR count). The fourth-order valence-electron chi connectivity index (χ4n) is 4.42. The summed E-state index contributed by atoms with van der Waals surface area (Å²) >= 11 is 0.